The van der Waals surface area contributed by atoms with Crippen molar-refractivity contribution in [2.24, 2.45) is 0 Å². The Morgan fingerprint density at radius 3 is 3.14 bits per heavy atom. The summed E-state index contributed by atoms with van der Waals surface area (Å²) >= 11 is 0. The highest BCUT2D eigenvalue weighted by molar-refractivity contribution is 5.06. The first-order valence-electron chi connectivity index (χ1n) is 7.74. The molecule has 2 fully saturated rings. The van der Waals surface area contributed by atoms with Crippen molar-refractivity contribution in [2.45, 2.75) is 32.0 Å². The van der Waals surface area contributed by atoms with Crippen molar-refractivity contribution in [3.8, 4) is 6.01 Å². The summed E-state index contributed by atoms with van der Waals surface area (Å²) in [6.07, 6.45) is 3.26. The van der Waals surface area contributed by atoms with Crippen molar-refractivity contribution < 1.29 is 9.47 Å². The molecule has 21 heavy (non-hydrogen) atoms. The van der Waals surface area contributed by atoms with E-state index in [0.29, 0.717) is 18.2 Å². The van der Waals surface area contributed by atoms with Crippen LogP contribution in [0.25, 0.3) is 0 Å². The average Bonchev–Trinajstić information content (AvgIpc) is 2.55. The summed E-state index contributed by atoms with van der Waals surface area (Å²) in [5.41, 5.74) is 1.01. The van der Waals surface area contributed by atoms with E-state index in [9.17, 15) is 0 Å². The van der Waals surface area contributed by atoms with Gasteiger partial charge >= 0.3 is 6.01 Å². The third-order valence-electron chi connectivity index (χ3n) is 4.47. The molecule has 2 saturated heterocycles. The number of hydrogen-bond acceptors (Lipinski definition) is 6. The predicted molar refractivity (Wildman–Crippen MR) is 79.3 cm³/mol. The van der Waals surface area contributed by atoms with E-state index in [1.165, 1.54) is 0 Å². The van der Waals surface area contributed by atoms with Crippen molar-refractivity contribution >= 4 is 0 Å². The standard InChI is InChI=1S/C15H24N4O2/c1-3-18-7-5-14-13(11-18)19(8-9-21-14)10-12-4-6-16-15(17-12)20-2/h4,6,13-14H,3,5,7-11H2,1-2H3/t13-,14+/m0/s1. The maximum Gasteiger partial charge on any atom is 0.316 e. The Hall–Kier alpha value is -1.24. The van der Waals surface area contributed by atoms with Gasteiger partial charge in [0.05, 0.1) is 25.5 Å². The molecule has 2 atom stereocenters. The van der Waals surface area contributed by atoms with Crippen LogP contribution in [0.4, 0.5) is 0 Å². The van der Waals surface area contributed by atoms with Gasteiger partial charge in [-0.05, 0) is 19.0 Å². The van der Waals surface area contributed by atoms with Crippen LogP contribution in [0.2, 0.25) is 0 Å². The van der Waals surface area contributed by atoms with E-state index in [2.05, 4.69) is 26.7 Å². The van der Waals surface area contributed by atoms with E-state index >= 15 is 0 Å². The van der Waals surface area contributed by atoms with E-state index in [0.717, 1.165) is 51.4 Å². The molecule has 0 spiro atoms. The Kier molecular flexibility index (Phi) is 4.67. The van der Waals surface area contributed by atoms with Gasteiger partial charge in [-0.2, -0.15) is 4.98 Å². The summed E-state index contributed by atoms with van der Waals surface area (Å²) in [5, 5.41) is 0. The molecule has 6 nitrogen and oxygen atoms in total. The molecule has 0 amide bonds. The van der Waals surface area contributed by atoms with Crippen LogP contribution >= 0.6 is 0 Å². The van der Waals surface area contributed by atoms with Gasteiger partial charge in [0.25, 0.3) is 0 Å². The smallest absolute Gasteiger partial charge is 0.316 e. The third kappa shape index (κ3) is 3.33. The highest BCUT2D eigenvalue weighted by Crippen LogP contribution is 2.24. The number of aromatic nitrogens is 2. The summed E-state index contributed by atoms with van der Waals surface area (Å²) in [7, 11) is 1.60. The molecule has 0 aliphatic carbocycles. The Labute approximate surface area is 126 Å². The number of hydrogen-bond donors (Lipinski definition) is 0. The van der Waals surface area contributed by atoms with Crippen LogP contribution in [0, 0.1) is 0 Å². The van der Waals surface area contributed by atoms with E-state index in [1.807, 2.05) is 6.07 Å². The molecule has 0 unspecified atom stereocenters. The average molecular weight is 292 g/mol. The van der Waals surface area contributed by atoms with Gasteiger partial charge in [-0.1, -0.05) is 6.92 Å². The van der Waals surface area contributed by atoms with Gasteiger partial charge in [0, 0.05) is 38.4 Å². The molecule has 116 valence electrons. The first kappa shape index (κ1) is 14.7. The fraction of sp³-hybridized carbons (Fsp3) is 0.733. The number of methoxy groups -OCH3 is 1. The van der Waals surface area contributed by atoms with Crippen LogP contribution in [0.5, 0.6) is 6.01 Å². The van der Waals surface area contributed by atoms with E-state index in [-0.39, 0.29) is 0 Å². The second-order valence-electron chi connectivity index (χ2n) is 5.66. The topological polar surface area (TPSA) is 50.7 Å². The number of ether oxygens (including phenoxy) is 2. The maximum absolute atomic E-state index is 5.96. The fourth-order valence-corrected chi connectivity index (χ4v) is 3.26. The molecule has 1 aromatic heterocycles. The Balaban J connectivity index is 1.70. The zero-order valence-electron chi connectivity index (χ0n) is 12.9. The van der Waals surface area contributed by atoms with Crippen molar-refractivity contribution in [1.82, 2.24) is 19.8 Å². The lowest BCUT2D eigenvalue weighted by atomic mass is 9.98. The number of likely N-dealkylation sites (tertiary alicyclic amines) is 1. The summed E-state index contributed by atoms with van der Waals surface area (Å²) in [4.78, 5) is 13.5. The second-order valence-corrected chi connectivity index (χ2v) is 5.66. The minimum absolute atomic E-state index is 0.366. The molecule has 1 aromatic rings. The molecule has 0 saturated carbocycles. The van der Waals surface area contributed by atoms with Crippen molar-refractivity contribution in [3.63, 3.8) is 0 Å². The molecule has 0 bridgehead atoms. The highest BCUT2D eigenvalue weighted by atomic mass is 16.5. The minimum atomic E-state index is 0.366. The number of nitrogens with zero attached hydrogens (tertiary/aromatic N) is 4. The van der Waals surface area contributed by atoms with Gasteiger partial charge in [0.2, 0.25) is 0 Å². The van der Waals surface area contributed by atoms with Crippen LogP contribution < -0.4 is 4.74 Å². The van der Waals surface area contributed by atoms with Crippen molar-refractivity contribution in [3.05, 3.63) is 18.0 Å². The monoisotopic (exact) mass is 292 g/mol. The van der Waals surface area contributed by atoms with Crippen molar-refractivity contribution in [1.29, 1.82) is 0 Å². The van der Waals surface area contributed by atoms with E-state index in [4.69, 9.17) is 9.47 Å². The first-order valence-corrected chi connectivity index (χ1v) is 7.74. The highest BCUT2D eigenvalue weighted by Gasteiger charge is 2.36. The lowest BCUT2D eigenvalue weighted by Crippen LogP contribution is -2.59. The van der Waals surface area contributed by atoms with Crippen LogP contribution in [-0.2, 0) is 11.3 Å². The molecule has 3 rings (SSSR count). The number of piperidine rings is 1. The molecule has 2 aliphatic rings. The quantitative estimate of drug-likeness (QED) is 0.817. The van der Waals surface area contributed by atoms with Crippen LogP contribution in [0.15, 0.2) is 12.3 Å². The van der Waals surface area contributed by atoms with E-state index in [1.54, 1.807) is 13.3 Å². The van der Waals surface area contributed by atoms with Crippen LogP contribution in [0.3, 0.4) is 0 Å². The summed E-state index contributed by atoms with van der Waals surface area (Å²) in [5.74, 6) is 0. The molecule has 3 heterocycles. The number of fused-ring (bicyclic) bond motifs is 1. The molecular weight excluding hydrogens is 268 g/mol. The van der Waals surface area contributed by atoms with Gasteiger partial charge in [-0.15, -0.1) is 0 Å². The van der Waals surface area contributed by atoms with Gasteiger partial charge in [-0.3, -0.25) is 4.90 Å². The Bertz CT molecular complexity index is 471. The van der Waals surface area contributed by atoms with Gasteiger partial charge in [0.15, 0.2) is 0 Å². The third-order valence-corrected chi connectivity index (χ3v) is 4.47. The zero-order chi connectivity index (χ0) is 14.7. The predicted octanol–water partition coefficient (Wildman–Crippen LogP) is 0.780. The lowest BCUT2D eigenvalue weighted by Gasteiger charge is -2.46. The normalized spacial score (nSPS) is 27.3. The summed E-state index contributed by atoms with van der Waals surface area (Å²) in [6.45, 7) is 8.18. The minimum Gasteiger partial charge on any atom is -0.467 e. The molecule has 0 aromatic carbocycles. The van der Waals surface area contributed by atoms with Crippen LogP contribution in [-0.4, -0.2) is 71.8 Å². The van der Waals surface area contributed by atoms with Gasteiger partial charge in [-0.25, -0.2) is 4.98 Å². The SMILES string of the molecule is CCN1CC[C@H]2OCCN(Cc3ccnc(OC)n3)[C@H]2C1. The summed E-state index contributed by atoms with van der Waals surface area (Å²) in [6, 6.07) is 2.87. The molecule has 0 radical (unpaired) electrons. The Morgan fingerprint density at radius 2 is 2.33 bits per heavy atom. The molecular formula is C15H24N4O2. The second kappa shape index (κ2) is 6.68. The largest absolute Gasteiger partial charge is 0.467 e. The zero-order valence-corrected chi connectivity index (χ0v) is 12.9. The number of likely N-dealkylation sites (N-methyl/N-ethyl adjacent to an activating group) is 1. The maximum atomic E-state index is 5.96. The fourth-order valence-electron chi connectivity index (χ4n) is 3.26. The van der Waals surface area contributed by atoms with Gasteiger partial charge < -0.3 is 14.4 Å². The summed E-state index contributed by atoms with van der Waals surface area (Å²) < 4.78 is 11.1. The van der Waals surface area contributed by atoms with Gasteiger partial charge in [0.1, 0.15) is 0 Å². The number of rotatable bonds is 4. The lowest BCUT2D eigenvalue weighted by molar-refractivity contribution is -0.105. The first-order chi connectivity index (χ1) is 10.3. The Morgan fingerprint density at radius 1 is 1.43 bits per heavy atom. The molecule has 2 aliphatic heterocycles. The number of morpholine rings is 1. The molecule has 0 N–H and O–H groups in total. The van der Waals surface area contributed by atoms with Crippen molar-refractivity contribution in [2.75, 3.05) is 39.9 Å². The van der Waals surface area contributed by atoms with Crippen LogP contribution in [0.1, 0.15) is 19.0 Å². The molecule has 6 heteroatoms. The van der Waals surface area contributed by atoms with E-state index < -0.39 is 0 Å².